The molecule has 0 aliphatic rings. The van der Waals surface area contributed by atoms with E-state index in [2.05, 4.69) is 10.2 Å². The summed E-state index contributed by atoms with van der Waals surface area (Å²) in [5.74, 6) is -0.940. The predicted molar refractivity (Wildman–Crippen MR) is 98.7 cm³/mol. The van der Waals surface area contributed by atoms with Crippen LogP contribution in [0.4, 0.5) is 5.69 Å². The number of carboxylic acid groups (broad SMARTS) is 1. The molecule has 5 nitrogen and oxygen atoms in total. The molecule has 0 atom stereocenters. The van der Waals surface area contributed by atoms with Gasteiger partial charge in [0, 0.05) is 17.4 Å². The zero-order chi connectivity index (χ0) is 18.0. The summed E-state index contributed by atoms with van der Waals surface area (Å²) < 4.78 is 0. The lowest BCUT2D eigenvalue weighted by molar-refractivity contribution is 0.0697. The number of aromatic nitrogens is 1. The fourth-order valence-corrected chi connectivity index (χ4v) is 3.45. The van der Waals surface area contributed by atoms with Gasteiger partial charge in [-0.2, -0.15) is 0 Å². The molecule has 1 aromatic heterocycles. The smallest absolute Gasteiger partial charge is 0.335 e. The van der Waals surface area contributed by atoms with Crippen molar-refractivity contribution in [2.45, 2.75) is 20.3 Å². The fraction of sp³-hybridized carbons (Fsp3) is 0.158. The average Bonchev–Trinajstić information content (AvgIpc) is 3.06. The van der Waals surface area contributed by atoms with Gasteiger partial charge in [0.05, 0.1) is 16.3 Å². The third-order valence-corrected chi connectivity index (χ3v) is 4.92. The largest absolute Gasteiger partial charge is 0.478 e. The van der Waals surface area contributed by atoms with E-state index >= 15 is 0 Å². The molecule has 0 saturated carbocycles. The highest BCUT2D eigenvalue weighted by Gasteiger charge is 2.10. The molecule has 0 spiro atoms. The summed E-state index contributed by atoms with van der Waals surface area (Å²) in [6.07, 6.45) is 0.684. The first kappa shape index (κ1) is 17.0. The Morgan fingerprint density at radius 2 is 1.88 bits per heavy atom. The van der Waals surface area contributed by atoms with Gasteiger partial charge in [-0.25, -0.2) is 9.78 Å². The molecule has 3 aromatic rings. The topological polar surface area (TPSA) is 79.6 Å². The van der Waals surface area contributed by atoms with Crippen LogP contribution in [0.3, 0.4) is 0 Å². The van der Waals surface area contributed by atoms with Gasteiger partial charge in [0.2, 0.25) is 0 Å². The van der Waals surface area contributed by atoms with Crippen LogP contribution >= 0.6 is 11.3 Å². The van der Waals surface area contributed by atoms with Crippen LogP contribution in [0.2, 0.25) is 0 Å². The lowest BCUT2D eigenvalue weighted by Crippen LogP contribution is -1.95. The molecule has 1 heterocycles. The summed E-state index contributed by atoms with van der Waals surface area (Å²) in [6.45, 7) is 3.83. The first-order chi connectivity index (χ1) is 12.0. The van der Waals surface area contributed by atoms with Gasteiger partial charge in [-0.3, -0.25) is 0 Å². The van der Waals surface area contributed by atoms with Crippen molar-refractivity contribution in [2.75, 3.05) is 0 Å². The summed E-state index contributed by atoms with van der Waals surface area (Å²) in [4.78, 5) is 26.3. The van der Waals surface area contributed by atoms with E-state index in [0.29, 0.717) is 12.1 Å². The monoisotopic (exact) mass is 352 g/mol. The molecule has 0 radical (unpaired) electrons. The van der Waals surface area contributed by atoms with E-state index in [9.17, 15) is 9.70 Å². The number of rotatable bonds is 5. The summed E-state index contributed by atoms with van der Waals surface area (Å²) in [5, 5.41) is 14.9. The van der Waals surface area contributed by atoms with Crippen molar-refractivity contribution in [2.24, 2.45) is 5.18 Å². The Morgan fingerprint density at radius 1 is 1.16 bits per heavy atom. The number of aryl methyl sites for hydroxylation is 2. The fourth-order valence-electron chi connectivity index (χ4n) is 2.62. The number of hydrogen-bond donors (Lipinski definition) is 1. The molecule has 0 bridgehead atoms. The Kier molecular flexibility index (Phi) is 4.72. The molecular weight excluding hydrogens is 336 g/mol. The number of carboxylic acids is 1. The maximum atomic E-state index is 10.9. The highest BCUT2D eigenvalue weighted by Crippen LogP contribution is 2.27. The molecule has 0 amide bonds. The Bertz CT molecular complexity index is 946. The van der Waals surface area contributed by atoms with Crippen molar-refractivity contribution in [1.29, 1.82) is 0 Å². The SMILES string of the molecule is Cc1cc(N=O)c(C)cc1Cc1nc(-c2ccc(C(=O)O)cc2)cs1. The molecule has 3 rings (SSSR count). The number of thiazole rings is 1. The number of carbonyl (C=O) groups is 1. The average molecular weight is 352 g/mol. The molecule has 2 aromatic carbocycles. The number of hydrogen-bond acceptors (Lipinski definition) is 5. The van der Waals surface area contributed by atoms with Gasteiger partial charge in [-0.1, -0.05) is 18.2 Å². The van der Waals surface area contributed by atoms with Crippen molar-refractivity contribution < 1.29 is 9.90 Å². The molecule has 0 unspecified atom stereocenters. The Labute approximate surface area is 149 Å². The molecule has 126 valence electrons. The zero-order valence-corrected chi connectivity index (χ0v) is 14.6. The highest BCUT2D eigenvalue weighted by atomic mass is 32.1. The predicted octanol–water partition coefficient (Wildman–Crippen LogP) is 5.11. The zero-order valence-electron chi connectivity index (χ0n) is 13.8. The quantitative estimate of drug-likeness (QED) is 0.647. The molecule has 0 fully saturated rings. The second kappa shape index (κ2) is 6.94. The van der Waals surface area contributed by atoms with Gasteiger partial charge in [0.1, 0.15) is 5.69 Å². The first-order valence-electron chi connectivity index (χ1n) is 7.69. The van der Waals surface area contributed by atoms with Crippen molar-refractivity contribution in [3.63, 3.8) is 0 Å². The van der Waals surface area contributed by atoms with Crippen LogP contribution in [0, 0.1) is 18.8 Å². The van der Waals surface area contributed by atoms with E-state index in [4.69, 9.17) is 5.11 Å². The van der Waals surface area contributed by atoms with Gasteiger partial charge >= 0.3 is 5.97 Å². The van der Waals surface area contributed by atoms with E-state index in [-0.39, 0.29) is 5.56 Å². The van der Waals surface area contributed by atoms with Gasteiger partial charge in [0.25, 0.3) is 0 Å². The van der Waals surface area contributed by atoms with E-state index < -0.39 is 5.97 Å². The van der Waals surface area contributed by atoms with Crippen LogP contribution in [0.5, 0.6) is 0 Å². The summed E-state index contributed by atoms with van der Waals surface area (Å²) in [6, 6.07) is 10.5. The highest BCUT2D eigenvalue weighted by molar-refractivity contribution is 7.10. The van der Waals surface area contributed by atoms with Gasteiger partial charge in [-0.05, 0) is 53.9 Å². The molecule has 0 aliphatic carbocycles. The minimum Gasteiger partial charge on any atom is -0.478 e. The van der Waals surface area contributed by atoms with Gasteiger partial charge in [-0.15, -0.1) is 16.2 Å². The van der Waals surface area contributed by atoms with Crippen LogP contribution < -0.4 is 0 Å². The molecular formula is C19H16N2O3S. The Hall–Kier alpha value is -2.86. The molecule has 1 N–H and O–H groups in total. The van der Waals surface area contributed by atoms with Gasteiger partial charge in [0.15, 0.2) is 0 Å². The van der Waals surface area contributed by atoms with Crippen LogP contribution in [0.25, 0.3) is 11.3 Å². The third kappa shape index (κ3) is 3.64. The maximum Gasteiger partial charge on any atom is 0.335 e. The minimum atomic E-state index is -0.940. The number of aromatic carboxylic acids is 1. The third-order valence-electron chi connectivity index (χ3n) is 4.07. The lowest BCUT2D eigenvalue weighted by Gasteiger charge is -2.07. The Morgan fingerprint density at radius 3 is 2.52 bits per heavy atom. The van der Waals surface area contributed by atoms with Crippen molar-refractivity contribution >= 4 is 23.0 Å². The number of nitrogens with zero attached hydrogens (tertiary/aromatic N) is 2. The maximum absolute atomic E-state index is 10.9. The summed E-state index contributed by atoms with van der Waals surface area (Å²) in [5.41, 5.74) is 5.44. The first-order valence-corrected chi connectivity index (χ1v) is 8.57. The standard InChI is InChI=1S/C19H16N2O3S/c1-11-8-16(21-24)12(2)7-15(11)9-18-20-17(10-25-18)13-3-5-14(6-4-13)19(22)23/h3-8,10H,9H2,1-2H3,(H,22,23). The van der Waals surface area contributed by atoms with Crippen molar-refractivity contribution in [1.82, 2.24) is 4.98 Å². The van der Waals surface area contributed by atoms with Crippen LogP contribution in [0.1, 0.15) is 32.1 Å². The Balaban J connectivity index is 1.83. The number of nitroso groups, excluding NO2 is 1. The molecule has 0 aliphatic heterocycles. The molecule has 0 saturated heterocycles. The van der Waals surface area contributed by atoms with Crippen molar-refractivity contribution in [3.8, 4) is 11.3 Å². The second-order valence-corrected chi connectivity index (χ2v) is 6.78. The van der Waals surface area contributed by atoms with Crippen LogP contribution in [-0.4, -0.2) is 16.1 Å². The lowest BCUT2D eigenvalue weighted by atomic mass is 10.0. The van der Waals surface area contributed by atoms with E-state index in [1.807, 2.05) is 25.3 Å². The molecule has 25 heavy (non-hydrogen) atoms. The normalized spacial score (nSPS) is 10.6. The summed E-state index contributed by atoms with van der Waals surface area (Å²) >= 11 is 1.56. The van der Waals surface area contributed by atoms with Gasteiger partial charge < -0.3 is 5.11 Å². The van der Waals surface area contributed by atoms with E-state index in [0.717, 1.165) is 33.0 Å². The summed E-state index contributed by atoms with van der Waals surface area (Å²) in [7, 11) is 0. The van der Waals surface area contributed by atoms with E-state index in [1.165, 1.54) is 0 Å². The van der Waals surface area contributed by atoms with Crippen LogP contribution in [-0.2, 0) is 6.42 Å². The van der Waals surface area contributed by atoms with Crippen molar-refractivity contribution in [3.05, 3.63) is 73.9 Å². The number of benzene rings is 2. The molecule has 6 heteroatoms. The second-order valence-electron chi connectivity index (χ2n) is 5.84. The minimum absolute atomic E-state index is 0.259. The van der Waals surface area contributed by atoms with Crippen LogP contribution in [0.15, 0.2) is 47.0 Å². The van der Waals surface area contributed by atoms with E-state index in [1.54, 1.807) is 41.7 Å².